The number of hydrogen-bond acceptors (Lipinski definition) is 3. The zero-order valence-corrected chi connectivity index (χ0v) is 13.8. The number of ether oxygens (including phenoxy) is 1. The Hall–Kier alpha value is -1.16. The third kappa shape index (κ3) is 6.42. The van der Waals surface area contributed by atoms with Crippen molar-refractivity contribution in [2.45, 2.75) is 46.4 Å². The number of aryl methyl sites for hydroxylation is 2. The molecule has 0 aliphatic carbocycles. The molecule has 118 valence electrons. The van der Waals surface area contributed by atoms with E-state index in [1.807, 2.05) is 0 Å². The van der Waals surface area contributed by atoms with Crippen molar-refractivity contribution in [2.75, 3.05) is 19.8 Å². The highest BCUT2D eigenvalue weighted by molar-refractivity contribution is 5.30. The van der Waals surface area contributed by atoms with Crippen LogP contribution < -0.4 is 0 Å². The Kier molecular flexibility index (Phi) is 7.65. The Morgan fingerprint density at radius 3 is 2.62 bits per heavy atom. The minimum Gasteiger partial charge on any atom is -0.389 e. The van der Waals surface area contributed by atoms with Crippen molar-refractivity contribution in [3.05, 3.63) is 47.5 Å². The van der Waals surface area contributed by atoms with Crippen LogP contribution in [0, 0.1) is 13.8 Å². The number of nitrogens with zero attached hydrogens (tertiary/aromatic N) is 1. The van der Waals surface area contributed by atoms with Crippen molar-refractivity contribution in [3.63, 3.8) is 0 Å². The van der Waals surface area contributed by atoms with Gasteiger partial charge in [0.05, 0.1) is 19.3 Å². The van der Waals surface area contributed by atoms with Crippen molar-refractivity contribution in [2.24, 2.45) is 0 Å². The van der Waals surface area contributed by atoms with Gasteiger partial charge in [0.15, 0.2) is 0 Å². The molecule has 1 aromatic carbocycles. The summed E-state index contributed by atoms with van der Waals surface area (Å²) in [5.74, 6) is 0. The molecule has 0 spiro atoms. The van der Waals surface area contributed by atoms with Gasteiger partial charge < -0.3 is 9.84 Å². The maximum Gasteiger partial charge on any atom is 0.0900 e. The van der Waals surface area contributed by atoms with Crippen LogP contribution in [-0.4, -0.2) is 41.9 Å². The van der Waals surface area contributed by atoms with Crippen molar-refractivity contribution >= 4 is 0 Å². The first kappa shape index (κ1) is 17.9. The number of benzene rings is 1. The lowest BCUT2D eigenvalue weighted by molar-refractivity contribution is 0.0178. The second-order valence-corrected chi connectivity index (χ2v) is 5.93. The minimum atomic E-state index is -0.474. The van der Waals surface area contributed by atoms with Crippen molar-refractivity contribution in [3.8, 4) is 0 Å². The first-order valence-corrected chi connectivity index (χ1v) is 7.61. The van der Waals surface area contributed by atoms with Gasteiger partial charge in [-0.3, -0.25) is 4.90 Å². The fourth-order valence-electron chi connectivity index (χ4n) is 2.31. The van der Waals surface area contributed by atoms with Crippen molar-refractivity contribution in [1.82, 2.24) is 4.90 Å². The highest BCUT2D eigenvalue weighted by Gasteiger charge is 2.16. The minimum absolute atomic E-state index is 0.349. The van der Waals surface area contributed by atoms with E-state index in [-0.39, 0.29) is 0 Å². The highest BCUT2D eigenvalue weighted by Crippen LogP contribution is 2.15. The molecule has 3 nitrogen and oxygen atoms in total. The lowest BCUT2D eigenvalue weighted by Gasteiger charge is -2.29. The molecule has 0 aliphatic rings. The zero-order chi connectivity index (χ0) is 15.8. The van der Waals surface area contributed by atoms with Gasteiger partial charge in [0.25, 0.3) is 0 Å². The second kappa shape index (κ2) is 8.98. The van der Waals surface area contributed by atoms with Crippen LogP contribution in [0.15, 0.2) is 30.9 Å². The van der Waals surface area contributed by atoms with E-state index in [9.17, 15) is 5.11 Å². The van der Waals surface area contributed by atoms with E-state index in [0.717, 1.165) is 6.54 Å². The van der Waals surface area contributed by atoms with E-state index < -0.39 is 6.10 Å². The van der Waals surface area contributed by atoms with Crippen LogP contribution in [-0.2, 0) is 11.3 Å². The Morgan fingerprint density at radius 2 is 2.05 bits per heavy atom. The van der Waals surface area contributed by atoms with Crippen LogP contribution in [0.4, 0.5) is 0 Å². The lowest BCUT2D eigenvalue weighted by atomic mass is 10.0. The maximum absolute atomic E-state index is 10.1. The third-order valence-electron chi connectivity index (χ3n) is 3.59. The highest BCUT2D eigenvalue weighted by atomic mass is 16.5. The first-order valence-electron chi connectivity index (χ1n) is 7.61. The normalized spacial score (nSPS) is 12.9. The molecular weight excluding hydrogens is 262 g/mol. The Labute approximate surface area is 129 Å². The van der Waals surface area contributed by atoms with E-state index in [4.69, 9.17) is 4.74 Å². The molecule has 1 unspecified atom stereocenters. The summed E-state index contributed by atoms with van der Waals surface area (Å²) in [5, 5.41) is 10.1. The average Bonchev–Trinajstić information content (AvgIpc) is 2.41. The monoisotopic (exact) mass is 291 g/mol. The first-order chi connectivity index (χ1) is 9.93. The second-order valence-electron chi connectivity index (χ2n) is 5.93. The van der Waals surface area contributed by atoms with Gasteiger partial charge >= 0.3 is 0 Å². The van der Waals surface area contributed by atoms with Crippen LogP contribution in [0.25, 0.3) is 0 Å². The lowest BCUT2D eigenvalue weighted by Crippen LogP contribution is -2.39. The summed E-state index contributed by atoms with van der Waals surface area (Å²) >= 11 is 0. The molecule has 0 radical (unpaired) electrons. The van der Waals surface area contributed by atoms with Gasteiger partial charge in [0.1, 0.15) is 0 Å². The summed E-state index contributed by atoms with van der Waals surface area (Å²) in [5.41, 5.74) is 3.90. The SMILES string of the molecule is C=CCOCC(O)CN(Cc1ccc(C)cc1C)C(C)C. The molecule has 0 fully saturated rings. The summed E-state index contributed by atoms with van der Waals surface area (Å²) in [7, 11) is 0. The standard InChI is InChI=1S/C18H29NO2/c1-6-9-21-13-18(20)12-19(14(2)3)11-17-8-7-15(4)10-16(17)5/h6-8,10,14,18,20H,1,9,11-13H2,2-5H3. The van der Waals surface area contributed by atoms with Crippen LogP contribution in [0.5, 0.6) is 0 Å². The van der Waals surface area contributed by atoms with Crippen molar-refractivity contribution in [1.29, 1.82) is 0 Å². The molecule has 0 amide bonds. The van der Waals surface area contributed by atoms with Crippen LogP contribution >= 0.6 is 0 Å². The molecule has 1 atom stereocenters. The molecule has 3 heteroatoms. The summed E-state index contributed by atoms with van der Waals surface area (Å²) < 4.78 is 5.32. The maximum atomic E-state index is 10.1. The summed E-state index contributed by atoms with van der Waals surface area (Å²) in [6, 6.07) is 6.91. The molecule has 0 heterocycles. The molecule has 0 saturated carbocycles. The topological polar surface area (TPSA) is 32.7 Å². The van der Waals surface area contributed by atoms with Gasteiger partial charge in [0.2, 0.25) is 0 Å². The van der Waals surface area contributed by atoms with Crippen LogP contribution in [0.3, 0.4) is 0 Å². The van der Waals surface area contributed by atoms with Gasteiger partial charge in [-0.25, -0.2) is 0 Å². The van der Waals surface area contributed by atoms with E-state index in [0.29, 0.717) is 25.8 Å². The Morgan fingerprint density at radius 1 is 1.33 bits per heavy atom. The molecule has 1 rings (SSSR count). The predicted molar refractivity (Wildman–Crippen MR) is 88.5 cm³/mol. The molecule has 21 heavy (non-hydrogen) atoms. The largest absolute Gasteiger partial charge is 0.389 e. The third-order valence-corrected chi connectivity index (χ3v) is 3.59. The van der Waals surface area contributed by atoms with Crippen LogP contribution in [0.2, 0.25) is 0 Å². The average molecular weight is 291 g/mol. The predicted octanol–water partition coefficient (Wildman–Crippen LogP) is 3.08. The Bertz CT molecular complexity index is 443. The quantitative estimate of drug-likeness (QED) is 0.560. The number of aliphatic hydroxyl groups is 1. The number of rotatable bonds is 9. The van der Waals surface area contributed by atoms with E-state index in [1.165, 1.54) is 16.7 Å². The molecular formula is C18H29NO2. The zero-order valence-electron chi connectivity index (χ0n) is 13.8. The molecule has 1 aromatic rings. The van der Waals surface area contributed by atoms with Gasteiger partial charge in [-0.1, -0.05) is 29.8 Å². The fraction of sp³-hybridized carbons (Fsp3) is 0.556. The van der Waals surface area contributed by atoms with E-state index >= 15 is 0 Å². The summed E-state index contributed by atoms with van der Waals surface area (Å²) in [4.78, 5) is 2.28. The van der Waals surface area contributed by atoms with Crippen molar-refractivity contribution < 1.29 is 9.84 Å². The number of hydrogen-bond donors (Lipinski definition) is 1. The summed E-state index contributed by atoms with van der Waals surface area (Å²) in [6.45, 7) is 14.5. The summed E-state index contributed by atoms with van der Waals surface area (Å²) in [6.07, 6.45) is 1.22. The van der Waals surface area contributed by atoms with Gasteiger partial charge in [0, 0.05) is 19.1 Å². The van der Waals surface area contributed by atoms with Gasteiger partial charge in [-0.2, -0.15) is 0 Å². The fourth-order valence-corrected chi connectivity index (χ4v) is 2.31. The molecule has 0 bridgehead atoms. The van der Waals surface area contributed by atoms with Gasteiger partial charge in [-0.15, -0.1) is 6.58 Å². The molecule has 0 saturated heterocycles. The van der Waals surface area contributed by atoms with Crippen LogP contribution in [0.1, 0.15) is 30.5 Å². The number of aliphatic hydroxyl groups excluding tert-OH is 1. The Balaban J connectivity index is 2.62. The smallest absolute Gasteiger partial charge is 0.0900 e. The molecule has 0 aromatic heterocycles. The molecule has 0 aliphatic heterocycles. The van der Waals surface area contributed by atoms with E-state index in [2.05, 4.69) is 57.4 Å². The van der Waals surface area contributed by atoms with Gasteiger partial charge in [-0.05, 0) is 38.8 Å². The van der Waals surface area contributed by atoms with E-state index in [1.54, 1.807) is 6.08 Å². The molecule has 1 N–H and O–H groups in total.